The van der Waals surface area contributed by atoms with Gasteiger partial charge in [-0.3, -0.25) is 0 Å². The van der Waals surface area contributed by atoms with Crippen LogP contribution in [-0.2, 0) is 4.74 Å². The van der Waals surface area contributed by atoms with Crippen molar-refractivity contribution in [2.75, 3.05) is 25.1 Å². The Kier molecular flexibility index (Phi) is 4.44. The molecule has 0 atom stereocenters. The first kappa shape index (κ1) is 13.2. The van der Waals surface area contributed by atoms with E-state index in [0.717, 1.165) is 38.3 Å². The fourth-order valence-electron chi connectivity index (χ4n) is 2.01. The molecule has 0 unspecified atom stereocenters. The summed E-state index contributed by atoms with van der Waals surface area (Å²) >= 11 is 5.81. The van der Waals surface area contributed by atoms with Gasteiger partial charge in [0, 0.05) is 25.4 Å². The summed E-state index contributed by atoms with van der Waals surface area (Å²) in [7, 11) is 0. The Balaban J connectivity index is 1.96. The van der Waals surface area contributed by atoms with Crippen molar-refractivity contribution in [3.05, 3.63) is 28.8 Å². The van der Waals surface area contributed by atoms with Crippen LogP contribution in [0.1, 0.15) is 23.2 Å². The van der Waals surface area contributed by atoms with Gasteiger partial charge in [-0.1, -0.05) is 11.6 Å². The third-order valence-electron chi connectivity index (χ3n) is 3.13. The van der Waals surface area contributed by atoms with Gasteiger partial charge in [0.1, 0.15) is 0 Å². The zero-order valence-corrected chi connectivity index (χ0v) is 10.7. The summed E-state index contributed by atoms with van der Waals surface area (Å²) in [5, 5.41) is 12.5. The number of carboxylic acid groups (broad SMARTS) is 1. The lowest BCUT2D eigenvalue weighted by atomic mass is 10.0. The molecule has 98 valence electrons. The van der Waals surface area contributed by atoms with Gasteiger partial charge in [0.25, 0.3) is 0 Å². The highest BCUT2D eigenvalue weighted by atomic mass is 35.5. The summed E-state index contributed by atoms with van der Waals surface area (Å²) in [6, 6.07) is 4.98. The van der Waals surface area contributed by atoms with Crippen LogP contribution in [0.15, 0.2) is 18.2 Å². The van der Waals surface area contributed by atoms with Crippen LogP contribution in [-0.4, -0.2) is 30.8 Å². The Morgan fingerprint density at radius 2 is 2.17 bits per heavy atom. The Bertz CT molecular complexity index is 430. The molecular formula is C13H16ClNO3. The molecule has 0 spiro atoms. The molecule has 1 aromatic rings. The van der Waals surface area contributed by atoms with Gasteiger partial charge >= 0.3 is 5.97 Å². The fraction of sp³-hybridized carbons (Fsp3) is 0.462. The summed E-state index contributed by atoms with van der Waals surface area (Å²) in [6.07, 6.45) is 2.10. The van der Waals surface area contributed by atoms with Crippen molar-refractivity contribution in [2.45, 2.75) is 12.8 Å². The zero-order chi connectivity index (χ0) is 13.0. The lowest BCUT2D eigenvalue weighted by Gasteiger charge is -2.22. The first-order valence-corrected chi connectivity index (χ1v) is 6.39. The minimum Gasteiger partial charge on any atom is -0.478 e. The highest BCUT2D eigenvalue weighted by Gasteiger charge is 2.14. The molecule has 2 N–H and O–H groups in total. The molecule has 1 aromatic carbocycles. The van der Waals surface area contributed by atoms with Gasteiger partial charge in [0.2, 0.25) is 0 Å². The van der Waals surface area contributed by atoms with Crippen LogP contribution in [0, 0.1) is 5.92 Å². The third kappa shape index (κ3) is 3.37. The molecular weight excluding hydrogens is 254 g/mol. The molecule has 0 aromatic heterocycles. The molecule has 1 fully saturated rings. The van der Waals surface area contributed by atoms with Crippen LogP contribution in [0.25, 0.3) is 0 Å². The van der Waals surface area contributed by atoms with E-state index in [0.29, 0.717) is 5.92 Å². The average Bonchev–Trinajstić information content (AvgIpc) is 2.38. The number of benzene rings is 1. The smallest absolute Gasteiger partial charge is 0.337 e. The average molecular weight is 270 g/mol. The Hall–Kier alpha value is -1.26. The molecule has 0 saturated carbocycles. The molecule has 18 heavy (non-hydrogen) atoms. The monoisotopic (exact) mass is 269 g/mol. The highest BCUT2D eigenvalue weighted by molar-refractivity contribution is 6.33. The van der Waals surface area contributed by atoms with Crippen LogP contribution in [0.5, 0.6) is 0 Å². The van der Waals surface area contributed by atoms with Gasteiger partial charge in [0.05, 0.1) is 10.6 Å². The van der Waals surface area contributed by atoms with E-state index in [1.807, 2.05) is 0 Å². The molecule has 0 bridgehead atoms. The Morgan fingerprint density at radius 3 is 2.83 bits per heavy atom. The molecule has 5 heteroatoms. The molecule has 1 heterocycles. The topological polar surface area (TPSA) is 58.6 Å². The van der Waals surface area contributed by atoms with Crippen LogP contribution in [0.4, 0.5) is 5.69 Å². The minimum atomic E-state index is -1.00. The summed E-state index contributed by atoms with van der Waals surface area (Å²) in [4.78, 5) is 11.0. The standard InChI is InChI=1S/C13H16ClNO3/c14-12-2-1-10(7-11(12)13(16)17)15-8-9-3-5-18-6-4-9/h1-2,7,9,15H,3-6,8H2,(H,16,17). The number of hydrogen-bond donors (Lipinski definition) is 2. The molecule has 2 rings (SSSR count). The quantitative estimate of drug-likeness (QED) is 0.882. The van der Waals surface area contributed by atoms with Crippen LogP contribution in [0.2, 0.25) is 5.02 Å². The van der Waals surface area contributed by atoms with Crippen molar-refractivity contribution in [1.82, 2.24) is 0 Å². The van der Waals surface area contributed by atoms with Gasteiger partial charge in [0.15, 0.2) is 0 Å². The largest absolute Gasteiger partial charge is 0.478 e. The highest BCUT2D eigenvalue weighted by Crippen LogP contribution is 2.22. The van der Waals surface area contributed by atoms with Crippen molar-refractivity contribution in [2.24, 2.45) is 5.92 Å². The van der Waals surface area contributed by atoms with E-state index in [-0.39, 0.29) is 10.6 Å². The number of carboxylic acids is 1. The number of carbonyl (C=O) groups is 1. The number of rotatable bonds is 4. The predicted octanol–water partition coefficient (Wildman–Crippen LogP) is 2.88. The van der Waals surface area contributed by atoms with Gasteiger partial charge in [-0.25, -0.2) is 4.79 Å². The Morgan fingerprint density at radius 1 is 1.44 bits per heavy atom. The summed E-state index contributed by atoms with van der Waals surface area (Å²) < 4.78 is 5.30. The number of aromatic carboxylic acids is 1. The maximum Gasteiger partial charge on any atom is 0.337 e. The van der Waals surface area contributed by atoms with Gasteiger partial charge in [-0.15, -0.1) is 0 Å². The summed E-state index contributed by atoms with van der Waals surface area (Å²) in [5.41, 5.74) is 0.928. The number of hydrogen-bond acceptors (Lipinski definition) is 3. The van der Waals surface area contributed by atoms with Crippen molar-refractivity contribution >= 4 is 23.3 Å². The predicted molar refractivity (Wildman–Crippen MR) is 70.4 cm³/mol. The van der Waals surface area contributed by atoms with Gasteiger partial charge in [-0.05, 0) is 37.0 Å². The normalized spacial score (nSPS) is 16.5. The van der Waals surface area contributed by atoms with Gasteiger partial charge < -0.3 is 15.2 Å². The van der Waals surface area contributed by atoms with Crippen molar-refractivity contribution in [1.29, 1.82) is 0 Å². The molecule has 1 aliphatic heterocycles. The second-order valence-electron chi connectivity index (χ2n) is 4.44. The fourth-order valence-corrected chi connectivity index (χ4v) is 2.21. The van der Waals surface area contributed by atoms with Crippen molar-refractivity contribution < 1.29 is 14.6 Å². The molecule has 0 radical (unpaired) electrons. The second-order valence-corrected chi connectivity index (χ2v) is 4.84. The van der Waals surface area contributed by atoms with E-state index in [1.165, 1.54) is 0 Å². The summed E-state index contributed by atoms with van der Waals surface area (Å²) in [5.74, 6) is -0.419. The van der Waals surface area contributed by atoms with E-state index >= 15 is 0 Å². The zero-order valence-electron chi connectivity index (χ0n) is 9.99. The number of nitrogens with one attached hydrogen (secondary N) is 1. The van der Waals surface area contributed by atoms with Crippen LogP contribution >= 0.6 is 11.6 Å². The molecule has 0 amide bonds. The van der Waals surface area contributed by atoms with Crippen LogP contribution < -0.4 is 5.32 Å². The van der Waals surface area contributed by atoms with E-state index in [1.54, 1.807) is 18.2 Å². The lowest BCUT2D eigenvalue weighted by Crippen LogP contribution is -2.22. The van der Waals surface area contributed by atoms with Crippen molar-refractivity contribution in [3.8, 4) is 0 Å². The van der Waals surface area contributed by atoms with Gasteiger partial charge in [-0.2, -0.15) is 0 Å². The molecule has 0 aliphatic carbocycles. The van der Waals surface area contributed by atoms with Crippen LogP contribution in [0.3, 0.4) is 0 Å². The maximum atomic E-state index is 11.0. The molecule has 1 aliphatic rings. The molecule has 1 saturated heterocycles. The minimum absolute atomic E-state index is 0.133. The molecule has 4 nitrogen and oxygen atoms in total. The number of anilines is 1. The first-order valence-electron chi connectivity index (χ1n) is 6.01. The SMILES string of the molecule is O=C(O)c1cc(NCC2CCOCC2)ccc1Cl. The Labute approximate surface area is 111 Å². The van der Waals surface area contributed by atoms with E-state index in [9.17, 15) is 4.79 Å². The van der Waals surface area contributed by atoms with E-state index < -0.39 is 5.97 Å². The second kappa shape index (κ2) is 6.07. The van der Waals surface area contributed by atoms with Crippen molar-refractivity contribution in [3.63, 3.8) is 0 Å². The summed E-state index contributed by atoms with van der Waals surface area (Å²) in [6.45, 7) is 2.46. The maximum absolute atomic E-state index is 11.0. The number of ether oxygens (including phenoxy) is 1. The first-order chi connectivity index (χ1) is 8.66. The van der Waals surface area contributed by atoms with E-state index in [4.69, 9.17) is 21.4 Å². The number of halogens is 1. The van der Waals surface area contributed by atoms with E-state index in [2.05, 4.69) is 5.32 Å². The third-order valence-corrected chi connectivity index (χ3v) is 3.46. The lowest BCUT2D eigenvalue weighted by molar-refractivity contribution is 0.0696.